The maximum Gasteiger partial charge on any atom is 0.252 e. The van der Waals surface area contributed by atoms with Crippen LogP contribution >= 0.6 is 0 Å². The molecule has 4 heteroatoms. The van der Waals surface area contributed by atoms with Gasteiger partial charge >= 0.3 is 0 Å². The fourth-order valence-electron chi connectivity index (χ4n) is 18.1. The van der Waals surface area contributed by atoms with E-state index in [1.165, 1.54) is 87.3 Å². The average Bonchev–Trinajstić information content (AvgIpc) is 0.696. The molecule has 2 aliphatic heterocycles. The second-order valence-corrected chi connectivity index (χ2v) is 33.6. The third-order valence-corrected chi connectivity index (χ3v) is 23.7. The van der Waals surface area contributed by atoms with E-state index in [4.69, 9.17) is 0 Å². The van der Waals surface area contributed by atoms with Gasteiger partial charge in [-0.1, -0.05) is 329 Å². The summed E-state index contributed by atoms with van der Waals surface area (Å²) in [6, 6.07) is 132. The summed E-state index contributed by atoms with van der Waals surface area (Å²) < 4.78 is 2.51. The fraction of sp³-hybridized carbons (Fsp3) is 0.113. The number of anilines is 6. The zero-order valence-corrected chi connectivity index (χ0v) is 63.8. The van der Waals surface area contributed by atoms with Crippen molar-refractivity contribution in [2.24, 2.45) is 0 Å². The molecule has 17 aromatic carbocycles. The summed E-state index contributed by atoms with van der Waals surface area (Å²) in [7, 11) is 0. The Labute approximate surface area is 646 Å². The predicted octanol–water partition coefficient (Wildman–Crippen LogP) is 27.3. The smallest absolute Gasteiger partial charge is 0.252 e. The van der Waals surface area contributed by atoms with Crippen LogP contribution in [0.3, 0.4) is 0 Å². The summed E-state index contributed by atoms with van der Waals surface area (Å²) >= 11 is 0. The normalized spacial score (nSPS) is 12.9. The first kappa shape index (κ1) is 66.7. The third-order valence-electron chi connectivity index (χ3n) is 23.7. The van der Waals surface area contributed by atoms with Crippen LogP contribution in [-0.4, -0.2) is 11.3 Å². The molecular formula is C106H84BN3. The van der Waals surface area contributed by atoms with Crippen LogP contribution in [0.25, 0.3) is 138 Å². The molecular weight excluding hydrogens is 1330 g/mol. The van der Waals surface area contributed by atoms with Gasteiger partial charge in [0.1, 0.15) is 0 Å². The van der Waals surface area contributed by atoms with Crippen molar-refractivity contribution in [3.05, 3.63) is 362 Å². The number of nitrogens with zero attached hydrogens (tertiary/aromatic N) is 3. The largest absolute Gasteiger partial charge is 0.310 e. The molecule has 0 unspecified atom stereocenters. The van der Waals surface area contributed by atoms with Crippen LogP contribution in [0.2, 0.25) is 0 Å². The van der Waals surface area contributed by atoms with Gasteiger partial charge in [-0.3, -0.25) is 0 Å². The quantitative estimate of drug-likeness (QED) is 0.0999. The maximum absolute atomic E-state index is 2.74. The van der Waals surface area contributed by atoms with Gasteiger partial charge in [0, 0.05) is 61.5 Å². The van der Waals surface area contributed by atoms with E-state index in [2.05, 4.69) is 422 Å². The summed E-state index contributed by atoms with van der Waals surface area (Å²) in [5.74, 6) is 0. The number of hydrogen-bond acceptors (Lipinski definition) is 2. The van der Waals surface area contributed by atoms with Crippen LogP contribution in [0.1, 0.15) is 79.0 Å². The Kier molecular flexibility index (Phi) is 15.4. The summed E-state index contributed by atoms with van der Waals surface area (Å²) in [6.07, 6.45) is 0. The minimum absolute atomic E-state index is 0.0783. The van der Waals surface area contributed by atoms with Gasteiger partial charge in [-0.15, -0.1) is 0 Å². The van der Waals surface area contributed by atoms with E-state index in [1.54, 1.807) is 0 Å². The highest BCUT2D eigenvalue weighted by atomic mass is 15.2. The molecule has 3 heterocycles. The molecule has 0 bridgehead atoms. The zero-order chi connectivity index (χ0) is 74.5. The van der Waals surface area contributed by atoms with Crippen LogP contribution in [0.4, 0.5) is 34.1 Å². The van der Waals surface area contributed by atoms with E-state index in [1.807, 2.05) is 0 Å². The minimum Gasteiger partial charge on any atom is -0.310 e. The van der Waals surface area contributed by atoms with Crippen LogP contribution in [-0.2, 0) is 16.2 Å². The SMILES string of the molecule is CC(C)(C)c1cc2c3c(c1)N(c1c(-c4ccccc4)cc(-c4ccccc4)cc1-c1ccccc1)c1cc(-n4c5ccccc5c5ccccc54)ccc1B3c1cc(-c3cc4cc(C(C)(C)C)cc5ccc6cc(C(C)(C)C)cc3c6c54)ccc1N2c1c(-c2ccccc2)cc(-c2ccccc2)cc1-c1ccccc1. The molecule has 110 heavy (non-hydrogen) atoms. The monoisotopic (exact) mass is 1410 g/mol. The van der Waals surface area contributed by atoms with Crippen molar-refractivity contribution in [3.63, 3.8) is 0 Å². The Morgan fingerprint density at radius 1 is 0.236 bits per heavy atom. The molecule has 0 spiro atoms. The predicted molar refractivity (Wildman–Crippen MR) is 473 cm³/mol. The Bertz CT molecular complexity index is 6500. The number of benzene rings is 17. The van der Waals surface area contributed by atoms with Crippen molar-refractivity contribution in [1.29, 1.82) is 0 Å². The zero-order valence-electron chi connectivity index (χ0n) is 63.8. The highest BCUT2D eigenvalue weighted by molar-refractivity contribution is 7.00. The number of rotatable bonds is 10. The van der Waals surface area contributed by atoms with Crippen molar-refractivity contribution in [3.8, 4) is 83.6 Å². The van der Waals surface area contributed by atoms with E-state index in [9.17, 15) is 0 Å². The van der Waals surface area contributed by atoms with Crippen molar-refractivity contribution in [2.75, 3.05) is 9.80 Å². The van der Waals surface area contributed by atoms with Crippen LogP contribution in [0.5, 0.6) is 0 Å². The molecule has 3 nitrogen and oxygen atoms in total. The maximum atomic E-state index is 2.74. The second kappa shape index (κ2) is 25.4. The van der Waals surface area contributed by atoms with E-state index < -0.39 is 0 Å². The molecule has 0 fully saturated rings. The summed E-state index contributed by atoms with van der Waals surface area (Å²) in [5, 5.41) is 10.2. The summed E-state index contributed by atoms with van der Waals surface area (Å²) in [4.78, 5) is 5.47. The molecule has 526 valence electrons. The first-order chi connectivity index (χ1) is 53.5. The highest BCUT2D eigenvalue weighted by Gasteiger charge is 2.47. The lowest BCUT2D eigenvalue weighted by Crippen LogP contribution is -2.61. The number of fused-ring (bicyclic) bond motifs is 7. The number of aromatic nitrogens is 1. The molecule has 2 aliphatic rings. The second-order valence-electron chi connectivity index (χ2n) is 33.6. The highest BCUT2D eigenvalue weighted by Crippen LogP contribution is 2.56. The van der Waals surface area contributed by atoms with Gasteiger partial charge in [0.15, 0.2) is 0 Å². The third kappa shape index (κ3) is 10.9. The molecule has 0 amide bonds. The van der Waals surface area contributed by atoms with E-state index >= 15 is 0 Å². The van der Waals surface area contributed by atoms with Crippen LogP contribution in [0, 0.1) is 0 Å². The molecule has 20 rings (SSSR count). The van der Waals surface area contributed by atoms with Crippen molar-refractivity contribution in [1.82, 2.24) is 4.57 Å². The van der Waals surface area contributed by atoms with E-state index in [0.717, 1.165) is 118 Å². The van der Waals surface area contributed by atoms with Gasteiger partial charge in [0.2, 0.25) is 0 Å². The number of hydrogen-bond donors (Lipinski definition) is 0. The Hall–Kier alpha value is -12.8. The minimum atomic E-state index is -0.344. The molecule has 0 saturated carbocycles. The van der Waals surface area contributed by atoms with Crippen molar-refractivity contribution >= 4 is 111 Å². The summed E-state index contributed by atoms with van der Waals surface area (Å²) in [6.45, 7) is 21.1. The lowest BCUT2D eigenvalue weighted by molar-refractivity contribution is 0.590. The van der Waals surface area contributed by atoms with E-state index in [0.29, 0.717) is 0 Å². The average molecular weight is 1410 g/mol. The lowest BCUT2D eigenvalue weighted by Gasteiger charge is -2.46. The Balaban J connectivity index is 0.978. The molecule has 18 aromatic rings. The number of para-hydroxylation sites is 2. The van der Waals surface area contributed by atoms with Gasteiger partial charge < -0.3 is 14.4 Å². The van der Waals surface area contributed by atoms with Gasteiger partial charge in [-0.2, -0.15) is 0 Å². The topological polar surface area (TPSA) is 11.4 Å². The Morgan fingerprint density at radius 3 is 1.08 bits per heavy atom. The molecule has 0 atom stereocenters. The van der Waals surface area contributed by atoms with E-state index in [-0.39, 0.29) is 23.0 Å². The first-order valence-corrected chi connectivity index (χ1v) is 39.0. The molecule has 0 radical (unpaired) electrons. The van der Waals surface area contributed by atoms with Gasteiger partial charge in [0.25, 0.3) is 6.71 Å². The molecule has 0 saturated heterocycles. The first-order valence-electron chi connectivity index (χ1n) is 39.0. The standard InChI is InChI=1S/C106H84BN3/c1-104(2,3)79-54-74-48-49-75-55-80(105(4,5)6)63-90-85(61-78(56-79)99(74)100(75)90)73-50-53-95-92(62-73)107-91-52-51-82(108-93-46-30-28-44-83(93)84-45-29-31-47-94(84)108)66-96(91)110(103-88(71-40-24-14-25-41-71)59-77(68-34-18-11-19-35-68)60-89(103)72-42-26-15-27-43-72)98-65-81(106(7,8)9)64-97(101(98)107)109(95)102-86(69-36-20-12-21-37-69)57-76(67-32-16-10-17-33-67)58-87(102)70-38-22-13-23-39-70/h10-66H,1-9H3. The van der Waals surface area contributed by atoms with Gasteiger partial charge in [0.05, 0.1) is 22.4 Å². The molecule has 1 aromatic heterocycles. The lowest BCUT2D eigenvalue weighted by atomic mass is 9.33. The Morgan fingerprint density at radius 2 is 0.627 bits per heavy atom. The van der Waals surface area contributed by atoms with Crippen LogP contribution in [0.15, 0.2) is 346 Å². The van der Waals surface area contributed by atoms with Crippen LogP contribution < -0.4 is 26.2 Å². The van der Waals surface area contributed by atoms with Gasteiger partial charge in [-0.25, -0.2) is 0 Å². The fourth-order valence-corrected chi connectivity index (χ4v) is 18.1. The summed E-state index contributed by atoms with van der Waals surface area (Å²) in [5.41, 5.74) is 33.4. The van der Waals surface area contributed by atoms with Gasteiger partial charge in [-0.05, 0) is 216 Å². The van der Waals surface area contributed by atoms with Crippen molar-refractivity contribution in [2.45, 2.75) is 78.6 Å². The van der Waals surface area contributed by atoms with Crippen molar-refractivity contribution < 1.29 is 0 Å². The molecule has 0 aliphatic carbocycles. The molecule has 0 N–H and O–H groups in total.